The van der Waals surface area contributed by atoms with Crippen LogP contribution in [-0.4, -0.2) is 22.5 Å². The van der Waals surface area contributed by atoms with E-state index in [9.17, 15) is 14.7 Å². The molecule has 0 bridgehead atoms. The van der Waals surface area contributed by atoms with E-state index in [2.05, 4.69) is 10.3 Å². The maximum absolute atomic E-state index is 12.0. The molecule has 1 aromatic heterocycles. The van der Waals surface area contributed by atoms with Gasteiger partial charge >= 0.3 is 0 Å². The number of aromatic hydroxyl groups is 1. The van der Waals surface area contributed by atoms with Crippen molar-refractivity contribution in [1.82, 2.24) is 10.3 Å². The Morgan fingerprint density at radius 1 is 1.35 bits per heavy atom. The summed E-state index contributed by atoms with van der Waals surface area (Å²) in [5.74, 6) is -0.361. The molecule has 1 amide bonds. The lowest BCUT2D eigenvalue weighted by atomic mass is 10.1. The zero-order valence-electron chi connectivity index (χ0n) is 11.6. The van der Waals surface area contributed by atoms with Gasteiger partial charge in [-0.1, -0.05) is 26.0 Å². The zero-order valence-corrected chi connectivity index (χ0v) is 11.6. The number of benzene rings is 1. The van der Waals surface area contributed by atoms with Gasteiger partial charge < -0.3 is 15.4 Å². The fourth-order valence-electron chi connectivity index (χ4n) is 2.00. The van der Waals surface area contributed by atoms with Crippen molar-refractivity contribution in [2.45, 2.75) is 20.3 Å². The van der Waals surface area contributed by atoms with Crippen molar-refractivity contribution in [3.63, 3.8) is 0 Å². The van der Waals surface area contributed by atoms with Crippen LogP contribution in [0.2, 0.25) is 0 Å². The summed E-state index contributed by atoms with van der Waals surface area (Å²) in [6.45, 7) is 4.57. The number of aromatic nitrogens is 1. The number of H-pyrrole nitrogens is 1. The lowest BCUT2D eigenvalue weighted by Gasteiger charge is -2.09. The average molecular weight is 274 g/mol. The monoisotopic (exact) mass is 274 g/mol. The third-order valence-corrected chi connectivity index (χ3v) is 3.13. The Morgan fingerprint density at radius 2 is 2.05 bits per heavy atom. The fourth-order valence-corrected chi connectivity index (χ4v) is 2.00. The van der Waals surface area contributed by atoms with Crippen LogP contribution in [-0.2, 0) is 0 Å². The summed E-state index contributed by atoms with van der Waals surface area (Å²) in [4.78, 5) is 26.5. The second-order valence-electron chi connectivity index (χ2n) is 5.16. The average Bonchev–Trinajstić information content (AvgIpc) is 2.38. The van der Waals surface area contributed by atoms with Crippen molar-refractivity contribution in [2.75, 3.05) is 6.54 Å². The molecule has 0 saturated heterocycles. The molecule has 1 aromatic carbocycles. The number of aromatic amines is 1. The second kappa shape index (κ2) is 5.77. The highest BCUT2D eigenvalue weighted by Crippen LogP contribution is 2.24. The first-order chi connectivity index (χ1) is 9.50. The van der Waals surface area contributed by atoms with Gasteiger partial charge in [0.1, 0.15) is 11.3 Å². The van der Waals surface area contributed by atoms with Crippen molar-refractivity contribution >= 4 is 16.8 Å². The van der Waals surface area contributed by atoms with Crippen LogP contribution < -0.4 is 10.9 Å². The number of fused-ring (bicyclic) bond motifs is 1. The van der Waals surface area contributed by atoms with E-state index in [0.717, 1.165) is 6.42 Å². The molecule has 3 N–H and O–H groups in total. The van der Waals surface area contributed by atoms with Gasteiger partial charge in [-0.2, -0.15) is 0 Å². The summed E-state index contributed by atoms with van der Waals surface area (Å²) < 4.78 is 0. The Bertz CT molecular complexity index is 689. The fraction of sp³-hybridized carbons (Fsp3) is 0.333. The van der Waals surface area contributed by atoms with Crippen LogP contribution >= 0.6 is 0 Å². The molecule has 0 saturated carbocycles. The Labute approximate surface area is 116 Å². The number of hydrogen-bond donors (Lipinski definition) is 3. The Balaban J connectivity index is 2.34. The summed E-state index contributed by atoms with van der Waals surface area (Å²) in [6.07, 6.45) is 0.817. The van der Waals surface area contributed by atoms with Crippen molar-refractivity contribution < 1.29 is 9.90 Å². The molecule has 106 valence electrons. The summed E-state index contributed by atoms with van der Waals surface area (Å²) in [7, 11) is 0. The first-order valence-electron chi connectivity index (χ1n) is 6.63. The molecule has 2 rings (SSSR count). The molecule has 0 unspecified atom stereocenters. The van der Waals surface area contributed by atoms with Crippen molar-refractivity contribution in [3.05, 3.63) is 40.2 Å². The Hall–Kier alpha value is -2.30. The zero-order chi connectivity index (χ0) is 14.7. The molecule has 5 heteroatoms. The number of carbonyl (C=O) groups is 1. The highest BCUT2D eigenvalue weighted by atomic mass is 16.3. The van der Waals surface area contributed by atoms with Crippen LogP contribution in [0.1, 0.15) is 30.6 Å². The number of para-hydroxylation sites is 1. The maximum Gasteiger partial charge on any atom is 0.265 e. The van der Waals surface area contributed by atoms with Gasteiger partial charge in [-0.05, 0) is 24.5 Å². The number of pyridine rings is 1. The maximum atomic E-state index is 12.0. The summed E-state index contributed by atoms with van der Waals surface area (Å²) in [5, 5.41) is 13.2. The topological polar surface area (TPSA) is 82.2 Å². The standard InChI is InChI=1S/C15H18N2O3/c1-9(2)7-8-16-14(19)12-13(18)10-5-3-4-6-11(10)17-15(12)20/h3-6,9H,7-8H2,1-2H3,(H,16,19)(H2,17,18,20). The SMILES string of the molecule is CC(C)CCNC(=O)c1c(O)c2ccccc2[nH]c1=O. The van der Waals surface area contributed by atoms with Gasteiger partial charge in [0.25, 0.3) is 11.5 Å². The predicted molar refractivity (Wildman–Crippen MR) is 78.0 cm³/mol. The number of nitrogens with one attached hydrogen (secondary N) is 2. The van der Waals surface area contributed by atoms with E-state index < -0.39 is 11.5 Å². The van der Waals surface area contributed by atoms with Crippen LogP contribution in [0.4, 0.5) is 0 Å². The van der Waals surface area contributed by atoms with Crippen molar-refractivity contribution in [3.8, 4) is 5.75 Å². The van der Waals surface area contributed by atoms with Crippen LogP contribution in [0.5, 0.6) is 5.75 Å². The molecular formula is C15H18N2O3. The normalized spacial score (nSPS) is 10.9. The van der Waals surface area contributed by atoms with Gasteiger partial charge in [0.2, 0.25) is 0 Å². The molecule has 1 heterocycles. The van der Waals surface area contributed by atoms with Crippen LogP contribution in [0.25, 0.3) is 10.9 Å². The van der Waals surface area contributed by atoms with E-state index in [1.165, 1.54) is 0 Å². The van der Waals surface area contributed by atoms with Gasteiger partial charge in [-0.25, -0.2) is 0 Å². The molecule has 2 aromatic rings. The molecule has 0 fully saturated rings. The largest absolute Gasteiger partial charge is 0.506 e. The Kier molecular flexibility index (Phi) is 4.08. The van der Waals surface area contributed by atoms with E-state index in [1.54, 1.807) is 24.3 Å². The molecule has 0 aliphatic heterocycles. The van der Waals surface area contributed by atoms with E-state index in [0.29, 0.717) is 23.4 Å². The molecule has 0 radical (unpaired) electrons. The molecule has 0 atom stereocenters. The van der Waals surface area contributed by atoms with E-state index in [1.807, 2.05) is 13.8 Å². The molecule has 20 heavy (non-hydrogen) atoms. The first kappa shape index (κ1) is 14.1. The molecule has 0 spiro atoms. The summed E-state index contributed by atoms with van der Waals surface area (Å²) >= 11 is 0. The van der Waals surface area contributed by atoms with Gasteiger partial charge in [0.15, 0.2) is 0 Å². The highest BCUT2D eigenvalue weighted by molar-refractivity contribution is 6.01. The molecule has 5 nitrogen and oxygen atoms in total. The first-order valence-corrected chi connectivity index (χ1v) is 6.63. The van der Waals surface area contributed by atoms with E-state index in [-0.39, 0.29) is 11.3 Å². The van der Waals surface area contributed by atoms with Crippen LogP contribution in [0, 0.1) is 5.92 Å². The minimum Gasteiger partial charge on any atom is -0.506 e. The Morgan fingerprint density at radius 3 is 2.75 bits per heavy atom. The van der Waals surface area contributed by atoms with Gasteiger partial charge in [-0.15, -0.1) is 0 Å². The van der Waals surface area contributed by atoms with Crippen LogP contribution in [0.3, 0.4) is 0 Å². The molecule has 0 aliphatic rings. The molecule has 0 aliphatic carbocycles. The van der Waals surface area contributed by atoms with Crippen molar-refractivity contribution in [2.24, 2.45) is 5.92 Å². The number of hydrogen-bond acceptors (Lipinski definition) is 3. The smallest absolute Gasteiger partial charge is 0.265 e. The van der Waals surface area contributed by atoms with Crippen LogP contribution in [0.15, 0.2) is 29.1 Å². The number of carbonyl (C=O) groups excluding carboxylic acids is 1. The lowest BCUT2D eigenvalue weighted by Crippen LogP contribution is -2.30. The van der Waals surface area contributed by atoms with E-state index >= 15 is 0 Å². The lowest BCUT2D eigenvalue weighted by molar-refractivity contribution is 0.0948. The number of rotatable bonds is 4. The van der Waals surface area contributed by atoms with Gasteiger partial charge in [0, 0.05) is 11.9 Å². The predicted octanol–water partition coefficient (Wildman–Crippen LogP) is 2.01. The third-order valence-electron chi connectivity index (χ3n) is 3.13. The second-order valence-corrected chi connectivity index (χ2v) is 5.16. The third kappa shape index (κ3) is 2.82. The minimum absolute atomic E-state index is 0.229. The van der Waals surface area contributed by atoms with Gasteiger partial charge in [-0.3, -0.25) is 9.59 Å². The summed E-state index contributed by atoms with van der Waals surface area (Å²) in [5.41, 5.74) is -0.301. The molecular weight excluding hydrogens is 256 g/mol. The summed E-state index contributed by atoms with van der Waals surface area (Å²) in [6, 6.07) is 6.82. The minimum atomic E-state index is -0.580. The highest BCUT2D eigenvalue weighted by Gasteiger charge is 2.18. The number of amides is 1. The quantitative estimate of drug-likeness (QED) is 0.797. The van der Waals surface area contributed by atoms with Gasteiger partial charge in [0.05, 0.1) is 5.52 Å². The van der Waals surface area contributed by atoms with Crippen molar-refractivity contribution in [1.29, 1.82) is 0 Å². The van der Waals surface area contributed by atoms with E-state index in [4.69, 9.17) is 0 Å².